The first-order valence-electron chi connectivity index (χ1n) is 4.80. The molecular weight excluding hydrogens is 236 g/mol. The Balaban J connectivity index is 2.97. The molecule has 1 unspecified atom stereocenters. The van der Waals surface area contributed by atoms with Gasteiger partial charge in [-0.3, -0.25) is 4.68 Å². The van der Waals surface area contributed by atoms with Crippen molar-refractivity contribution in [3.05, 3.63) is 17.5 Å². The maximum atomic E-state index is 10.9. The van der Waals surface area contributed by atoms with Gasteiger partial charge in [0.25, 0.3) is 0 Å². The third kappa shape index (κ3) is 3.50. The van der Waals surface area contributed by atoms with Crippen molar-refractivity contribution < 1.29 is 8.42 Å². The lowest BCUT2D eigenvalue weighted by atomic mass is 10.2. The molecule has 0 aromatic carbocycles. The molecule has 15 heavy (non-hydrogen) atoms. The van der Waals surface area contributed by atoms with Crippen LogP contribution < -0.4 is 0 Å². The third-order valence-electron chi connectivity index (χ3n) is 2.39. The topological polar surface area (TPSA) is 52.0 Å². The minimum Gasteiger partial charge on any atom is -0.269 e. The van der Waals surface area contributed by atoms with Crippen molar-refractivity contribution in [1.82, 2.24) is 9.78 Å². The highest BCUT2D eigenvalue weighted by Gasteiger charge is 2.14. The molecule has 1 atom stereocenters. The fourth-order valence-electron chi connectivity index (χ4n) is 1.26. The number of aromatic nitrogens is 2. The number of aryl methyl sites for hydroxylation is 1. The van der Waals surface area contributed by atoms with Gasteiger partial charge in [0.15, 0.2) is 0 Å². The zero-order chi connectivity index (χ0) is 11.6. The van der Waals surface area contributed by atoms with Gasteiger partial charge in [0, 0.05) is 28.5 Å². The number of nitrogens with zero attached hydrogens (tertiary/aromatic N) is 2. The molecule has 1 heterocycles. The Morgan fingerprint density at radius 1 is 1.60 bits per heavy atom. The molecule has 6 heteroatoms. The van der Waals surface area contributed by atoms with E-state index in [4.69, 9.17) is 10.7 Å². The van der Waals surface area contributed by atoms with Gasteiger partial charge in [-0.05, 0) is 20.3 Å². The van der Waals surface area contributed by atoms with Crippen LogP contribution in [0.25, 0.3) is 0 Å². The lowest BCUT2D eigenvalue weighted by molar-refractivity contribution is 0.475. The van der Waals surface area contributed by atoms with E-state index in [-0.39, 0.29) is 11.8 Å². The van der Waals surface area contributed by atoms with Crippen LogP contribution in [-0.4, -0.2) is 18.2 Å². The van der Waals surface area contributed by atoms with Crippen LogP contribution in [-0.2, 0) is 14.8 Å². The van der Waals surface area contributed by atoms with E-state index in [1.165, 1.54) is 0 Å². The largest absolute Gasteiger partial charge is 0.269 e. The van der Waals surface area contributed by atoms with E-state index in [2.05, 4.69) is 12.0 Å². The zero-order valence-corrected chi connectivity index (χ0v) is 10.6. The van der Waals surface area contributed by atoms with Gasteiger partial charge in [0.1, 0.15) is 0 Å². The summed E-state index contributed by atoms with van der Waals surface area (Å²) < 4.78 is 23.6. The van der Waals surface area contributed by atoms with Gasteiger partial charge >= 0.3 is 0 Å². The van der Waals surface area contributed by atoms with Crippen molar-refractivity contribution in [3.8, 4) is 0 Å². The molecule has 0 spiro atoms. The van der Waals surface area contributed by atoms with Gasteiger partial charge in [0.05, 0.1) is 11.4 Å². The van der Waals surface area contributed by atoms with Crippen LogP contribution in [0, 0.1) is 6.92 Å². The van der Waals surface area contributed by atoms with Crippen LogP contribution in [0.3, 0.4) is 0 Å². The van der Waals surface area contributed by atoms with Crippen LogP contribution in [0.15, 0.2) is 6.20 Å². The summed E-state index contributed by atoms with van der Waals surface area (Å²) in [6.45, 7) is 5.88. The second-order valence-electron chi connectivity index (χ2n) is 3.66. The van der Waals surface area contributed by atoms with Crippen LogP contribution in [0.5, 0.6) is 0 Å². The van der Waals surface area contributed by atoms with Crippen LogP contribution in [0.4, 0.5) is 0 Å². The Bertz CT molecular complexity index is 439. The van der Waals surface area contributed by atoms with E-state index < -0.39 is 9.05 Å². The monoisotopic (exact) mass is 250 g/mol. The maximum Gasteiger partial charge on any atom is 0.236 e. The number of rotatable bonds is 4. The lowest BCUT2D eigenvalue weighted by Crippen LogP contribution is -2.04. The van der Waals surface area contributed by atoms with Gasteiger partial charge in [0.2, 0.25) is 9.05 Å². The van der Waals surface area contributed by atoms with E-state index in [1.807, 2.05) is 6.92 Å². The minimum absolute atomic E-state index is 0.156. The molecule has 0 saturated heterocycles. The molecular formula is C9H15ClN2O2S. The Labute approximate surface area is 94.7 Å². The average molecular weight is 251 g/mol. The van der Waals surface area contributed by atoms with Gasteiger partial charge < -0.3 is 0 Å². The van der Waals surface area contributed by atoms with E-state index in [0.29, 0.717) is 5.56 Å². The second kappa shape index (κ2) is 4.53. The number of hydrogen-bond acceptors (Lipinski definition) is 3. The summed E-state index contributed by atoms with van der Waals surface area (Å²) in [6, 6.07) is 0.274. The van der Waals surface area contributed by atoms with E-state index in [1.54, 1.807) is 17.8 Å². The van der Waals surface area contributed by atoms with Crippen LogP contribution >= 0.6 is 10.7 Å². The second-order valence-corrected chi connectivity index (χ2v) is 6.44. The molecule has 0 bridgehead atoms. The summed E-state index contributed by atoms with van der Waals surface area (Å²) in [5, 5.41) is 4.26. The fraction of sp³-hybridized carbons (Fsp3) is 0.667. The van der Waals surface area contributed by atoms with E-state index in [9.17, 15) is 8.42 Å². The molecule has 0 aliphatic heterocycles. The van der Waals surface area contributed by atoms with Gasteiger partial charge in [-0.2, -0.15) is 5.10 Å². The molecule has 0 aliphatic rings. The normalized spacial score (nSPS) is 14.1. The molecule has 0 N–H and O–H groups in total. The number of halogens is 1. The molecule has 1 aromatic heterocycles. The Morgan fingerprint density at radius 3 is 2.67 bits per heavy atom. The average Bonchev–Trinajstić information content (AvgIpc) is 2.44. The van der Waals surface area contributed by atoms with Crippen molar-refractivity contribution in [1.29, 1.82) is 0 Å². The lowest BCUT2D eigenvalue weighted by Gasteiger charge is -2.07. The van der Waals surface area contributed by atoms with Crippen molar-refractivity contribution in [2.24, 2.45) is 0 Å². The Hall–Kier alpha value is -0.550. The molecule has 1 aromatic rings. The molecule has 0 amide bonds. The molecule has 86 valence electrons. The summed E-state index contributed by atoms with van der Waals surface area (Å²) in [6.07, 6.45) is 2.71. The first-order valence-corrected chi connectivity index (χ1v) is 7.28. The van der Waals surface area contributed by atoms with Crippen molar-refractivity contribution in [3.63, 3.8) is 0 Å². The predicted octanol–water partition coefficient (Wildman–Crippen LogP) is 2.23. The standard InChI is InChI=1S/C9H15ClN2O2S/c1-4-7(2)12-5-9(8(3)11-12)6-15(10,13)14/h5,7H,4,6H2,1-3H3. The molecule has 0 aliphatic carbocycles. The zero-order valence-electron chi connectivity index (χ0n) is 9.07. The minimum atomic E-state index is -3.50. The summed E-state index contributed by atoms with van der Waals surface area (Å²) in [5.41, 5.74) is 1.39. The van der Waals surface area contributed by atoms with E-state index in [0.717, 1.165) is 12.1 Å². The smallest absolute Gasteiger partial charge is 0.236 e. The molecule has 4 nitrogen and oxygen atoms in total. The first kappa shape index (κ1) is 12.5. The van der Waals surface area contributed by atoms with Crippen molar-refractivity contribution >= 4 is 19.7 Å². The highest BCUT2D eigenvalue weighted by molar-refractivity contribution is 8.13. The summed E-state index contributed by atoms with van der Waals surface area (Å²) in [7, 11) is 1.70. The predicted molar refractivity (Wildman–Crippen MR) is 60.4 cm³/mol. The fourth-order valence-corrected chi connectivity index (χ4v) is 2.27. The van der Waals surface area contributed by atoms with E-state index >= 15 is 0 Å². The highest BCUT2D eigenvalue weighted by Crippen LogP contribution is 2.17. The third-order valence-corrected chi connectivity index (χ3v) is 3.37. The van der Waals surface area contributed by atoms with Crippen LogP contribution in [0.2, 0.25) is 0 Å². The van der Waals surface area contributed by atoms with Gasteiger partial charge in [-0.1, -0.05) is 6.92 Å². The summed E-state index contributed by atoms with van der Waals surface area (Å²) in [5.74, 6) is -0.156. The van der Waals surface area contributed by atoms with Gasteiger partial charge in [-0.25, -0.2) is 8.42 Å². The SMILES string of the molecule is CCC(C)n1cc(CS(=O)(=O)Cl)c(C)n1. The van der Waals surface area contributed by atoms with Gasteiger partial charge in [-0.15, -0.1) is 0 Å². The maximum absolute atomic E-state index is 10.9. The molecule has 0 saturated carbocycles. The van der Waals surface area contributed by atoms with Crippen molar-refractivity contribution in [2.45, 2.75) is 39.0 Å². The number of hydrogen-bond donors (Lipinski definition) is 0. The Morgan fingerprint density at radius 2 is 2.20 bits per heavy atom. The molecule has 0 radical (unpaired) electrons. The first-order chi connectivity index (χ1) is 6.83. The Kier molecular flexibility index (Phi) is 3.78. The molecule has 0 fully saturated rings. The van der Waals surface area contributed by atoms with Crippen molar-refractivity contribution in [2.75, 3.05) is 0 Å². The quantitative estimate of drug-likeness (QED) is 0.770. The summed E-state index contributed by atoms with van der Waals surface area (Å²) >= 11 is 0. The highest BCUT2D eigenvalue weighted by atomic mass is 35.7. The van der Waals surface area contributed by atoms with Crippen LogP contribution in [0.1, 0.15) is 37.6 Å². The summed E-state index contributed by atoms with van der Waals surface area (Å²) in [4.78, 5) is 0. The molecule has 1 rings (SSSR count).